The molecule has 4 aliphatic heterocycles. The molecule has 4 saturated heterocycles. The Balaban J connectivity index is 0.000000187. The highest BCUT2D eigenvalue weighted by Gasteiger charge is 2.45. The zero-order valence-electron chi connectivity index (χ0n) is 73.1. The predicted octanol–water partition coefficient (Wildman–Crippen LogP) is 14.1. The molecular weight excluding hydrogens is 1550 g/mol. The first-order valence-electron chi connectivity index (χ1n) is 42.9. The van der Waals surface area contributed by atoms with E-state index < -0.39 is 71.7 Å². The van der Waals surface area contributed by atoms with Crippen molar-refractivity contribution in [3.8, 4) is 47.4 Å². The lowest BCUT2D eigenvalue weighted by Gasteiger charge is -2.41. The average Bonchev–Trinajstić information content (AvgIpc) is 0.803. The second kappa shape index (κ2) is 48.4. The monoisotopic (exact) mass is 1670 g/mol. The van der Waals surface area contributed by atoms with Crippen LogP contribution in [0.1, 0.15) is 161 Å². The predicted molar refractivity (Wildman–Crippen MR) is 486 cm³/mol. The Morgan fingerprint density at radius 1 is 0.290 bits per heavy atom. The number of carbonyl (C=O) groups excluding carboxylic acids is 4. The van der Waals surface area contributed by atoms with E-state index in [9.17, 15) is 58.8 Å². The summed E-state index contributed by atoms with van der Waals surface area (Å²) in [4.78, 5) is 118. The van der Waals surface area contributed by atoms with Gasteiger partial charge in [-0.25, -0.2) is 19.2 Å². The summed E-state index contributed by atoms with van der Waals surface area (Å²) >= 11 is 0. The maximum absolute atomic E-state index is 13.8. The van der Waals surface area contributed by atoms with Crippen LogP contribution in [0.15, 0.2) is 243 Å². The number of carboxylic acid groups (broad SMARTS) is 4. The van der Waals surface area contributed by atoms with E-state index in [1.165, 1.54) is 0 Å². The molecule has 8 atom stereocenters. The molecule has 4 amide bonds. The Morgan fingerprint density at radius 2 is 0.452 bits per heavy atom. The summed E-state index contributed by atoms with van der Waals surface area (Å²) in [6.07, 6.45) is 4.52. The fourth-order valence-electron chi connectivity index (χ4n) is 16.8. The molecule has 0 radical (unpaired) electrons. The van der Waals surface area contributed by atoms with Crippen LogP contribution in [-0.4, -0.2) is 236 Å². The van der Waals surface area contributed by atoms with Gasteiger partial charge in [0.25, 0.3) is 0 Å². The van der Waals surface area contributed by atoms with Crippen LogP contribution in [0.25, 0.3) is 0 Å². The second-order valence-corrected chi connectivity index (χ2v) is 32.7. The number of rotatable bonds is 24. The number of hydrogen-bond donors (Lipinski definition) is 4. The lowest BCUT2D eigenvalue weighted by Crippen LogP contribution is -2.55. The van der Waals surface area contributed by atoms with E-state index in [0.29, 0.717) is 89.9 Å². The van der Waals surface area contributed by atoms with E-state index in [1.54, 1.807) is 33.4 Å². The van der Waals surface area contributed by atoms with Gasteiger partial charge in [-0.2, -0.15) is 0 Å². The van der Waals surface area contributed by atoms with Crippen molar-refractivity contribution < 1.29 is 58.8 Å². The minimum Gasteiger partial charge on any atom is -0.480 e. The summed E-state index contributed by atoms with van der Waals surface area (Å²) in [5.41, 5.74) is 6.97. The lowest BCUT2D eigenvalue weighted by atomic mass is 9.87. The van der Waals surface area contributed by atoms with Crippen molar-refractivity contribution in [1.82, 2.24) is 39.2 Å². The molecule has 20 nitrogen and oxygen atoms in total. The Kier molecular flexibility index (Phi) is 37.3. The number of hydrogen-bond acceptors (Lipinski definition) is 12. The van der Waals surface area contributed by atoms with Gasteiger partial charge in [0, 0.05) is 62.2 Å². The van der Waals surface area contributed by atoms with Crippen molar-refractivity contribution in [1.29, 1.82) is 0 Å². The average molecular weight is 1670 g/mol. The smallest absolute Gasteiger partial charge is 0.326 e. The molecule has 4 N–H and O–H groups in total. The molecule has 20 heteroatoms. The minimum absolute atomic E-state index is 0.0773. The molecule has 648 valence electrons. The van der Waals surface area contributed by atoms with E-state index in [2.05, 4.69) is 67.0 Å². The van der Waals surface area contributed by atoms with E-state index >= 15 is 0 Å². The van der Waals surface area contributed by atoms with Crippen molar-refractivity contribution >= 4 is 47.5 Å². The number of likely N-dealkylation sites (tertiary alicyclic amines) is 4. The van der Waals surface area contributed by atoms with Gasteiger partial charge < -0.3 is 40.0 Å². The van der Waals surface area contributed by atoms with Gasteiger partial charge in [0.15, 0.2) is 0 Å². The van der Waals surface area contributed by atoms with Gasteiger partial charge in [-0.05, 0) is 138 Å². The summed E-state index contributed by atoms with van der Waals surface area (Å²) < 4.78 is 0. The zero-order chi connectivity index (χ0) is 89.2. The van der Waals surface area contributed by atoms with Crippen LogP contribution in [-0.2, 0) is 38.4 Å². The Hall–Kier alpha value is -12.4. The molecule has 8 aromatic rings. The summed E-state index contributed by atoms with van der Waals surface area (Å²) in [6.45, 7) is 15.8. The van der Waals surface area contributed by atoms with Crippen LogP contribution in [0.3, 0.4) is 0 Å². The molecule has 0 spiro atoms. The first-order valence-corrected chi connectivity index (χ1v) is 42.9. The molecule has 8 aromatic carbocycles. The van der Waals surface area contributed by atoms with Crippen molar-refractivity contribution in [3.05, 3.63) is 287 Å². The molecule has 4 fully saturated rings. The summed E-state index contributed by atoms with van der Waals surface area (Å²) in [6, 6.07) is 73.6. The van der Waals surface area contributed by atoms with Crippen molar-refractivity contribution in [3.63, 3.8) is 0 Å². The van der Waals surface area contributed by atoms with Gasteiger partial charge in [0.05, 0.1) is 49.9 Å². The summed E-state index contributed by atoms with van der Waals surface area (Å²) in [7, 11) is 7.88. The number of carbonyl (C=O) groups is 8. The van der Waals surface area contributed by atoms with E-state index in [4.69, 9.17) is 0 Å². The number of benzene rings is 8. The summed E-state index contributed by atoms with van der Waals surface area (Å²) in [5.74, 6) is 18.6. The highest BCUT2D eigenvalue weighted by atomic mass is 16.4. The molecule has 0 aliphatic carbocycles. The van der Waals surface area contributed by atoms with E-state index in [-0.39, 0.29) is 47.8 Å². The molecule has 0 saturated carbocycles. The maximum Gasteiger partial charge on any atom is 0.326 e. The molecule has 0 bridgehead atoms. The minimum atomic E-state index is -0.956. The molecule has 4 aliphatic rings. The van der Waals surface area contributed by atoms with Crippen molar-refractivity contribution in [2.24, 2.45) is 11.8 Å². The standard InChI is InChI=1S/2C27H32N2O3.2C25H28N2O3/c2*1-20(2)11-10-17-28(3)23-16-18-29(24(19-23)27(31)32)26(30)25(21-12-6-4-7-13-21)22-14-8-5-9-15-22;2*1-3-4-16-26(2)21-15-17-27(22(18-21)25(29)30)24(28)23(19-11-7-5-8-12-19)20-13-9-6-10-14-20/h2*4-9,12-15,20,23-25H,16-19H2,1-3H3,(H,31,32);2*5-14,21-23H,15-18H2,1-2H3,(H,29,30)/t23-,24+;23-,24-;21-,22+;21-,22-/m1010/s1. The molecular formula is C104H120N8O12. The van der Waals surface area contributed by atoms with Crippen LogP contribution >= 0.6 is 0 Å². The van der Waals surface area contributed by atoms with Gasteiger partial charge in [-0.3, -0.25) is 38.8 Å². The van der Waals surface area contributed by atoms with Gasteiger partial charge >= 0.3 is 23.9 Å². The third-order valence-electron chi connectivity index (χ3n) is 23.6. The van der Waals surface area contributed by atoms with E-state index in [0.717, 1.165) is 70.2 Å². The SMILES string of the molecule is CC#CCN(C)[C@@H]1CCN(C(=O)C(c2ccccc2)c2ccccc2)[C@H](C(=O)O)C1.CC#CCN(C)[C@H]1CCN(C(=O)C(c2ccccc2)c2ccccc2)[C@H](C(=O)O)C1.CC(C)C#CCN(C)[C@@H]1CCN(C(=O)C(c2ccccc2)c2ccccc2)[C@H](C(=O)O)C1.CC(C)C#CCN(C)[C@H]1CCN(C(=O)C(c2ccccc2)c2ccccc2)[C@H](C(=O)O)C1. The quantitative estimate of drug-likeness (QED) is 0.0411. The molecule has 0 unspecified atom stereocenters. The Bertz CT molecular complexity index is 4550. The maximum atomic E-state index is 13.8. The van der Waals surface area contributed by atoms with Crippen molar-refractivity contribution in [2.45, 2.75) is 165 Å². The van der Waals surface area contributed by atoms with Crippen LogP contribution in [0.4, 0.5) is 0 Å². The van der Waals surface area contributed by atoms with Gasteiger partial charge in [0.1, 0.15) is 24.2 Å². The molecule has 12 rings (SSSR count). The lowest BCUT2D eigenvalue weighted by molar-refractivity contribution is -0.153. The highest BCUT2D eigenvalue weighted by Crippen LogP contribution is 2.37. The number of amides is 4. The van der Waals surface area contributed by atoms with Crippen LogP contribution in [0, 0.1) is 59.2 Å². The highest BCUT2D eigenvalue weighted by molar-refractivity contribution is 5.94. The van der Waals surface area contributed by atoms with Crippen LogP contribution in [0.2, 0.25) is 0 Å². The first kappa shape index (κ1) is 95.4. The largest absolute Gasteiger partial charge is 0.480 e. The van der Waals surface area contributed by atoms with Crippen LogP contribution < -0.4 is 0 Å². The van der Waals surface area contributed by atoms with Gasteiger partial charge in [0.2, 0.25) is 23.6 Å². The third-order valence-corrected chi connectivity index (χ3v) is 23.6. The number of carboxylic acids is 4. The second-order valence-electron chi connectivity index (χ2n) is 32.7. The van der Waals surface area contributed by atoms with Gasteiger partial charge in [-0.15, -0.1) is 11.8 Å². The molecule has 0 aromatic heterocycles. The topological polar surface area (TPSA) is 243 Å². The fourth-order valence-corrected chi connectivity index (χ4v) is 16.8. The van der Waals surface area contributed by atoms with Crippen molar-refractivity contribution in [2.75, 3.05) is 80.5 Å². The number of aliphatic carboxylic acids is 4. The Labute approximate surface area is 733 Å². The number of nitrogens with zero attached hydrogens (tertiary/aromatic N) is 8. The van der Waals surface area contributed by atoms with Crippen LogP contribution in [0.5, 0.6) is 0 Å². The normalized spacial score (nSPS) is 18.6. The summed E-state index contributed by atoms with van der Waals surface area (Å²) in [5, 5.41) is 39.8. The van der Waals surface area contributed by atoms with E-state index in [1.807, 2.05) is 299 Å². The first-order chi connectivity index (χ1) is 59.8. The van der Waals surface area contributed by atoms with Gasteiger partial charge in [-0.1, -0.05) is 306 Å². The Morgan fingerprint density at radius 3 is 0.597 bits per heavy atom. The third kappa shape index (κ3) is 26.8. The molecule has 124 heavy (non-hydrogen) atoms. The zero-order valence-corrected chi connectivity index (χ0v) is 73.1. The fraction of sp³-hybridized carbons (Fsp3) is 0.385. The number of piperidine rings is 4. The molecule has 4 heterocycles.